The van der Waals surface area contributed by atoms with Crippen LogP contribution in [0.15, 0.2) is 73.4 Å². The lowest BCUT2D eigenvalue weighted by Gasteiger charge is -2.40. The lowest BCUT2D eigenvalue weighted by molar-refractivity contribution is -0.189. The van der Waals surface area contributed by atoms with Crippen LogP contribution in [0.25, 0.3) is 33.3 Å². The highest BCUT2D eigenvalue weighted by Gasteiger charge is 2.52. The van der Waals surface area contributed by atoms with Crippen molar-refractivity contribution in [2.75, 3.05) is 39.9 Å². The van der Waals surface area contributed by atoms with E-state index in [1.807, 2.05) is 51.1 Å². The maximum atomic E-state index is 14.8. The normalized spacial score (nSPS) is 26.0. The Hall–Kier alpha value is -5.94. The van der Waals surface area contributed by atoms with Gasteiger partial charge in [0, 0.05) is 80.8 Å². The molecule has 16 nitrogen and oxygen atoms in total. The Morgan fingerprint density at radius 3 is 2.57 bits per heavy atom. The Kier molecular flexibility index (Phi) is 13.2. The number of nitrogens with one attached hydrogen (secondary N) is 2. The number of methoxy groups -OCH3 is 1. The predicted molar refractivity (Wildman–Crippen MR) is 250 cm³/mol. The zero-order valence-corrected chi connectivity index (χ0v) is 39.3. The molecule has 0 radical (unpaired) electrons. The number of rotatable bonds is 8. The Morgan fingerprint density at radius 2 is 1.82 bits per heavy atom. The van der Waals surface area contributed by atoms with Crippen LogP contribution in [0.1, 0.15) is 83.2 Å². The van der Waals surface area contributed by atoms with Gasteiger partial charge in [-0.3, -0.25) is 29.2 Å². The molecule has 0 aliphatic carbocycles. The molecule has 2 aromatic carbocycles. The first kappa shape index (κ1) is 47.5. The summed E-state index contributed by atoms with van der Waals surface area (Å²) in [6, 6.07) is 15.4. The van der Waals surface area contributed by atoms with Gasteiger partial charge in [-0.1, -0.05) is 50.8 Å². The van der Waals surface area contributed by atoms with Crippen LogP contribution in [0.5, 0.6) is 0 Å². The number of ether oxygens (including phenoxy) is 2. The SMILES string of the molecule is C=CC(=O)N1CC[C@H](C(=O)N2CCC(C)(O)[C@H]2C(=O)N[C@H]2Cc3cccc(c3)-c3ccc4c(c3)c(c(-c3cccnc3[C@H](C)OC)n4CC)CC(C)(C)COC(=O)[C@@]3(O)CCCN(N3)C2=O)C1. The average Bonchev–Trinajstić information content (AvgIpc) is 4.03. The predicted octanol–water partition coefficient (Wildman–Crippen LogP) is 4.45. The van der Waals surface area contributed by atoms with Crippen molar-refractivity contribution in [1.82, 2.24) is 35.1 Å². The minimum absolute atomic E-state index is 0.0109. The number of aryl methyl sites for hydroxylation is 1. The Labute approximate surface area is 391 Å². The average molecular weight is 918 g/mol. The number of hydrogen-bond donors (Lipinski definition) is 4. The van der Waals surface area contributed by atoms with E-state index in [-0.39, 0.29) is 69.8 Å². The number of carbonyl (C=O) groups is 5. The molecule has 4 aliphatic rings. The van der Waals surface area contributed by atoms with Crippen LogP contribution in [-0.4, -0.2) is 127 Å². The third-order valence-corrected chi connectivity index (χ3v) is 14.0. The van der Waals surface area contributed by atoms with E-state index in [4.69, 9.17) is 14.5 Å². The zero-order chi connectivity index (χ0) is 48.0. The Morgan fingerprint density at radius 1 is 1.04 bits per heavy atom. The van der Waals surface area contributed by atoms with Crippen molar-refractivity contribution >= 4 is 40.5 Å². The van der Waals surface area contributed by atoms with E-state index in [2.05, 4.69) is 53.1 Å². The number of fused-ring (bicyclic) bond motifs is 6. The summed E-state index contributed by atoms with van der Waals surface area (Å²) in [6.07, 6.45) is 3.86. The van der Waals surface area contributed by atoms with Gasteiger partial charge in [-0.2, -0.15) is 5.43 Å². The number of cyclic esters (lactones) is 1. The second-order valence-electron chi connectivity index (χ2n) is 19.6. The number of esters is 1. The molecule has 3 saturated heterocycles. The molecule has 0 saturated carbocycles. The first-order chi connectivity index (χ1) is 31.9. The van der Waals surface area contributed by atoms with E-state index in [1.54, 1.807) is 13.3 Å². The second-order valence-corrected chi connectivity index (χ2v) is 19.6. The van der Waals surface area contributed by atoms with Gasteiger partial charge in [0.15, 0.2) is 0 Å². The van der Waals surface area contributed by atoms with Crippen LogP contribution in [0.2, 0.25) is 0 Å². The van der Waals surface area contributed by atoms with E-state index < -0.39 is 52.5 Å². The van der Waals surface area contributed by atoms with Crippen LogP contribution in [0, 0.1) is 11.3 Å². The highest BCUT2D eigenvalue weighted by Crippen LogP contribution is 2.42. The third kappa shape index (κ3) is 9.24. The minimum Gasteiger partial charge on any atom is -0.462 e. The molecule has 0 spiro atoms. The second kappa shape index (κ2) is 18.6. The molecule has 1 unspecified atom stereocenters. The van der Waals surface area contributed by atoms with E-state index in [1.165, 1.54) is 22.8 Å². The summed E-state index contributed by atoms with van der Waals surface area (Å²) in [5.41, 5.74) is 5.46. The summed E-state index contributed by atoms with van der Waals surface area (Å²) in [5.74, 6) is -3.53. The molecule has 6 atom stereocenters. The summed E-state index contributed by atoms with van der Waals surface area (Å²) in [5, 5.41) is 28.6. The van der Waals surface area contributed by atoms with Crippen LogP contribution in [-0.2, 0) is 52.8 Å². The Balaban J connectivity index is 1.20. The molecule has 356 valence electrons. The topological polar surface area (TPSA) is 196 Å². The standard InChI is InChI=1S/C51H63N7O9/c1-8-41(59)55-23-18-35(29-55)46(61)57-24-20-50(6,64)44(57)45(60)53-39-26-32-13-10-14-33(25-32)34-16-17-40-37(27-34)38(43(56(40)9-2)36-15-11-21-52-42(36)31(3)66-7)28-49(4,5)30-67-48(63)51(65)19-12-22-58(54-51)47(39)62/h8,10-11,13-17,21,25,27,31,35,39,44,54,64-65H,1,9,12,18-20,22-24,26,28-30H2,2-7H3,(H,53,60)/t31-,35-,39-,44+,50?,51-/m0/s1. The fourth-order valence-corrected chi connectivity index (χ4v) is 10.4. The maximum absolute atomic E-state index is 14.8. The van der Waals surface area contributed by atoms with Crippen molar-refractivity contribution in [2.24, 2.45) is 11.3 Å². The number of hydrazine groups is 1. The highest BCUT2D eigenvalue weighted by atomic mass is 16.6. The number of aromatic nitrogens is 2. The molecular formula is C51H63N7O9. The van der Waals surface area contributed by atoms with Gasteiger partial charge in [0.1, 0.15) is 12.1 Å². The number of pyridine rings is 1. The van der Waals surface area contributed by atoms with E-state index in [0.717, 1.165) is 49.6 Å². The number of amides is 4. The number of hydrogen-bond acceptors (Lipinski definition) is 11. The van der Waals surface area contributed by atoms with Gasteiger partial charge in [-0.05, 0) is 99.0 Å². The van der Waals surface area contributed by atoms with Gasteiger partial charge < -0.3 is 39.4 Å². The van der Waals surface area contributed by atoms with Crippen LogP contribution in [0.4, 0.5) is 0 Å². The third-order valence-electron chi connectivity index (χ3n) is 14.0. The smallest absolute Gasteiger partial charge is 0.355 e. The van der Waals surface area contributed by atoms with E-state index in [0.29, 0.717) is 31.5 Å². The van der Waals surface area contributed by atoms with Gasteiger partial charge in [0.25, 0.3) is 5.91 Å². The molecule has 3 fully saturated rings. The quantitative estimate of drug-likeness (QED) is 0.144. The molecule has 16 heteroatoms. The van der Waals surface area contributed by atoms with Crippen LogP contribution >= 0.6 is 0 Å². The molecule has 8 rings (SSSR count). The molecule has 4 aromatic rings. The van der Waals surface area contributed by atoms with Gasteiger partial charge in [-0.25, -0.2) is 4.79 Å². The zero-order valence-electron chi connectivity index (χ0n) is 39.3. The van der Waals surface area contributed by atoms with Gasteiger partial charge in [-0.15, -0.1) is 0 Å². The van der Waals surface area contributed by atoms with Crippen molar-refractivity contribution in [3.63, 3.8) is 0 Å². The molecular weight excluding hydrogens is 855 g/mol. The van der Waals surface area contributed by atoms with Gasteiger partial charge in [0.2, 0.25) is 23.4 Å². The Bertz CT molecular complexity index is 2610. The summed E-state index contributed by atoms with van der Waals surface area (Å²) >= 11 is 0. The van der Waals surface area contributed by atoms with Crippen molar-refractivity contribution in [1.29, 1.82) is 0 Å². The van der Waals surface area contributed by atoms with E-state index >= 15 is 0 Å². The highest BCUT2D eigenvalue weighted by molar-refractivity contribution is 5.97. The summed E-state index contributed by atoms with van der Waals surface area (Å²) in [4.78, 5) is 77.4. The molecule has 6 bridgehead atoms. The first-order valence-corrected chi connectivity index (χ1v) is 23.3. The fraction of sp³-hybridized carbons (Fsp3) is 0.490. The van der Waals surface area contributed by atoms with Crippen molar-refractivity contribution in [2.45, 2.75) is 109 Å². The molecule has 6 heterocycles. The number of carbonyl (C=O) groups excluding carboxylic acids is 5. The van der Waals surface area contributed by atoms with Crippen molar-refractivity contribution < 1.29 is 43.7 Å². The van der Waals surface area contributed by atoms with E-state index in [9.17, 15) is 34.2 Å². The number of likely N-dealkylation sites (tertiary alicyclic amines) is 2. The van der Waals surface area contributed by atoms with Gasteiger partial charge >= 0.3 is 5.97 Å². The van der Waals surface area contributed by atoms with Crippen LogP contribution < -0.4 is 10.7 Å². The number of aliphatic hydroxyl groups is 2. The summed E-state index contributed by atoms with van der Waals surface area (Å²) < 4.78 is 14.0. The van der Waals surface area contributed by atoms with Crippen molar-refractivity contribution in [3.8, 4) is 22.4 Å². The van der Waals surface area contributed by atoms with Crippen LogP contribution in [0.3, 0.4) is 0 Å². The first-order valence-electron chi connectivity index (χ1n) is 23.3. The number of nitrogens with zero attached hydrogens (tertiary/aromatic N) is 5. The number of benzene rings is 2. The lowest BCUT2D eigenvalue weighted by Crippen LogP contribution is -2.67. The molecule has 4 aliphatic heterocycles. The fourth-order valence-electron chi connectivity index (χ4n) is 10.4. The lowest BCUT2D eigenvalue weighted by atomic mass is 9.84. The molecule has 67 heavy (non-hydrogen) atoms. The molecule has 4 N–H and O–H groups in total. The largest absolute Gasteiger partial charge is 0.462 e. The molecule has 2 aromatic heterocycles. The maximum Gasteiger partial charge on any atom is 0.355 e. The summed E-state index contributed by atoms with van der Waals surface area (Å²) in [7, 11) is 1.66. The molecule has 4 amide bonds. The van der Waals surface area contributed by atoms with Crippen molar-refractivity contribution in [3.05, 3.63) is 90.3 Å². The monoisotopic (exact) mass is 917 g/mol. The summed E-state index contributed by atoms with van der Waals surface area (Å²) in [6.45, 7) is 14.5. The van der Waals surface area contributed by atoms with Gasteiger partial charge in [0.05, 0.1) is 35.6 Å². The minimum atomic E-state index is -2.26.